The van der Waals surface area contributed by atoms with Gasteiger partial charge in [0.25, 0.3) is 10.0 Å². The fourth-order valence-electron chi connectivity index (χ4n) is 3.43. The fraction of sp³-hybridized carbons (Fsp3) is 0.381. The zero-order valence-electron chi connectivity index (χ0n) is 16.9. The van der Waals surface area contributed by atoms with Crippen molar-refractivity contribution < 1.29 is 8.42 Å². The molecule has 29 heavy (non-hydrogen) atoms. The molecule has 3 aromatic rings. The van der Waals surface area contributed by atoms with Crippen LogP contribution in [-0.2, 0) is 15.4 Å². The number of nitrogens with one attached hydrogen (secondary N) is 2. The van der Waals surface area contributed by atoms with Gasteiger partial charge in [0.05, 0.1) is 0 Å². The number of hydrogen-bond acceptors (Lipinski definition) is 6. The summed E-state index contributed by atoms with van der Waals surface area (Å²) < 4.78 is 29.9. The van der Waals surface area contributed by atoms with Gasteiger partial charge in [-0.2, -0.15) is 0 Å². The Balaban J connectivity index is 1.63. The van der Waals surface area contributed by atoms with Gasteiger partial charge >= 0.3 is 0 Å². The van der Waals surface area contributed by atoms with Crippen molar-refractivity contribution in [1.82, 2.24) is 10.3 Å². The van der Waals surface area contributed by atoms with Crippen LogP contribution >= 0.6 is 11.3 Å². The number of benzene rings is 1. The highest BCUT2D eigenvalue weighted by Crippen LogP contribution is 2.35. The van der Waals surface area contributed by atoms with Crippen molar-refractivity contribution >= 4 is 43.0 Å². The van der Waals surface area contributed by atoms with Crippen molar-refractivity contribution in [2.24, 2.45) is 0 Å². The standard InChI is InChI=1S/C21H26N4O2S2/c1-21(2,3)15-4-6-16(7-5-15)24-29(26,27)19-14-17-18(28-19)8-9-23-20(17)25-12-10-22-11-13-25/h4-9,14,22,24H,10-13H2,1-3H3. The van der Waals surface area contributed by atoms with Crippen LogP contribution < -0.4 is 14.9 Å². The molecule has 0 amide bonds. The van der Waals surface area contributed by atoms with Crippen molar-refractivity contribution in [3.8, 4) is 0 Å². The number of aromatic nitrogens is 1. The van der Waals surface area contributed by atoms with E-state index in [0.717, 1.165) is 47.6 Å². The van der Waals surface area contributed by atoms with E-state index in [2.05, 4.69) is 40.7 Å². The van der Waals surface area contributed by atoms with Gasteiger partial charge in [0, 0.05) is 48.1 Å². The van der Waals surface area contributed by atoms with E-state index in [4.69, 9.17) is 0 Å². The van der Waals surface area contributed by atoms with Gasteiger partial charge < -0.3 is 10.2 Å². The highest BCUT2D eigenvalue weighted by atomic mass is 32.2. The van der Waals surface area contributed by atoms with Crippen LogP contribution in [0.4, 0.5) is 11.5 Å². The van der Waals surface area contributed by atoms with E-state index in [1.54, 1.807) is 12.3 Å². The number of sulfonamides is 1. The molecule has 0 spiro atoms. The van der Waals surface area contributed by atoms with Crippen molar-refractivity contribution in [2.75, 3.05) is 35.8 Å². The van der Waals surface area contributed by atoms with Crippen LogP contribution in [0.1, 0.15) is 26.3 Å². The van der Waals surface area contributed by atoms with E-state index < -0.39 is 10.0 Å². The Morgan fingerprint density at radius 1 is 1.10 bits per heavy atom. The summed E-state index contributed by atoms with van der Waals surface area (Å²) in [7, 11) is -3.66. The lowest BCUT2D eigenvalue weighted by Gasteiger charge is -2.28. The Bertz CT molecular complexity index is 1110. The van der Waals surface area contributed by atoms with Crippen LogP contribution in [0.3, 0.4) is 0 Å². The van der Waals surface area contributed by atoms with E-state index in [1.165, 1.54) is 11.3 Å². The predicted molar refractivity (Wildman–Crippen MR) is 121 cm³/mol. The van der Waals surface area contributed by atoms with Crippen LogP contribution in [-0.4, -0.2) is 39.6 Å². The van der Waals surface area contributed by atoms with E-state index in [0.29, 0.717) is 9.90 Å². The molecule has 1 fully saturated rings. The Morgan fingerprint density at radius 3 is 2.45 bits per heavy atom. The Kier molecular flexibility index (Phi) is 5.27. The number of pyridine rings is 1. The smallest absolute Gasteiger partial charge is 0.271 e. The maximum atomic E-state index is 13.0. The molecule has 8 heteroatoms. The zero-order valence-corrected chi connectivity index (χ0v) is 18.5. The molecule has 1 aromatic carbocycles. The van der Waals surface area contributed by atoms with E-state index >= 15 is 0 Å². The molecular weight excluding hydrogens is 404 g/mol. The monoisotopic (exact) mass is 430 g/mol. The van der Waals surface area contributed by atoms with Gasteiger partial charge in [-0.15, -0.1) is 11.3 Å². The fourth-order valence-corrected chi connectivity index (χ4v) is 5.87. The summed E-state index contributed by atoms with van der Waals surface area (Å²) in [5, 5.41) is 4.22. The molecule has 1 saturated heterocycles. The van der Waals surface area contributed by atoms with Crippen molar-refractivity contribution in [2.45, 2.75) is 30.4 Å². The highest BCUT2D eigenvalue weighted by Gasteiger charge is 2.22. The van der Waals surface area contributed by atoms with Crippen molar-refractivity contribution in [3.63, 3.8) is 0 Å². The molecule has 2 aromatic heterocycles. The van der Waals surface area contributed by atoms with Crippen molar-refractivity contribution in [1.29, 1.82) is 0 Å². The third-order valence-electron chi connectivity index (χ3n) is 5.09. The van der Waals surface area contributed by atoms with Crippen LogP contribution in [0.5, 0.6) is 0 Å². The molecule has 0 saturated carbocycles. The first-order chi connectivity index (χ1) is 13.7. The molecule has 4 rings (SSSR count). The van der Waals surface area contributed by atoms with Crippen LogP contribution in [0, 0.1) is 0 Å². The molecular formula is C21H26N4O2S2. The van der Waals surface area contributed by atoms with Crippen LogP contribution in [0.25, 0.3) is 10.1 Å². The summed E-state index contributed by atoms with van der Waals surface area (Å²) in [6, 6.07) is 11.2. The van der Waals surface area contributed by atoms with Gasteiger partial charge in [-0.05, 0) is 35.2 Å². The molecule has 0 aliphatic carbocycles. The Morgan fingerprint density at radius 2 is 1.79 bits per heavy atom. The highest BCUT2D eigenvalue weighted by molar-refractivity contribution is 7.94. The minimum absolute atomic E-state index is 0.0241. The largest absolute Gasteiger partial charge is 0.354 e. The quantitative estimate of drug-likeness (QED) is 0.659. The molecule has 3 heterocycles. The average molecular weight is 431 g/mol. The molecule has 6 nitrogen and oxygen atoms in total. The van der Waals surface area contributed by atoms with Gasteiger partial charge in [0.2, 0.25) is 0 Å². The number of piperazine rings is 1. The topological polar surface area (TPSA) is 74.3 Å². The summed E-state index contributed by atoms with van der Waals surface area (Å²) in [4.78, 5) is 6.74. The second kappa shape index (κ2) is 7.59. The first-order valence-corrected chi connectivity index (χ1v) is 12.0. The molecule has 0 atom stereocenters. The molecule has 1 aliphatic rings. The van der Waals surface area contributed by atoms with Gasteiger partial charge in [-0.25, -0.2) is 13.4 Å². The van der Waals surface area contributed by atoms with Gasteiger partial charge in [-0.1, -0.05) is 32.9 Å². The lowest BCUT2D eigenvalue weighted by Crippen LogP contribution is -2.43. The van der Waals surface area contributed by atoms with Crippen molar-refractivity contribution in [3.05, 3.63) is 48.2 Å². The van der Waals surface area contributed by atoms with Crippen LogP contribution in [0.15, 0.2) is 46.8 Å². The maximum absolute atomic E-state index is 13.0. The Hall–Kier alpha value is -2.16. The second-order valence-electron chi connectivity index (χ2n) is 8.28. The number of hydrogen-bond donors (Lipinski definition) is 2. The minimum Gasteiger partial charge on any atom is -0.354 e. The lowest BCUT2D eigenvalue weighted by molar-refractivity contribution is 0.586. The second-order valence-corrected chi connectivity index (χ2v) is 11.3. The summed E-state index contributed by atoms with van der Waals surface area (Å²) in [6.45, 7) is 9.93. The number of rotatable bonds is 4. The number of fused-ring (bicyclic) bond motifs is 1. The molecule has 154 valence electrons. The number of thiophene rings is 1. The van der Waals surface area contributed by atoms with Gasteiger partial charge in [0.15, 0.2) is 0 Å². The summed E-state index contributed by atoms with van der Waals surface area (Å²) >= 11 is 1.28. The van der Waals surface area contributed by atoms with E-state index in [-0.39, 0.29) is 5.41 Å². The summed E-state index contributed by atoms with van der Waals surface area (Å²) in [5.74, 6) is 0.858. The summed E-state index contributed by atoms with van der Waals surface area (Å²) in [6.07, 6.45) is 1.76. The molecule has 0 unspecified atom stereocenters. The Labute approximate surface area is 176 Å². The molecule has 0 bridgehead atoms. The third-order valence-corrected chi connectivity index (χ3v) is 8.04. The normalized spacial score (nSPS) is 15.6. The molecule has 0 radical (unpaired) electrons. The van der Waals surface area contributed by atoms with Gasteiger partial charge in [-0.3, -0.25) is 4.72 Å². The van der Waals surface area contributed by atoms with Gasteiger partial charge in [0.1, 0.15) is 10.0 Å². The summed E-state index contributed by atoms with van der Waals surface area (Å²) in [5.41, 5.74) is 1.75. The first kappa shape index (κ1) is 20.1. The molecule has 1 aliphatic heterocycles. The van der Waals surface area contributed by atoms with Crippen LogP contribution in [0.2, 0.25) is 0 Å². The SMILES string of the molecule is CC(C)(C)c1ccc(NS(=O)(=O)c2cc3c(N4CCNCC4)nccc3s2)cc1. The third kappa shape index (κ3) is 4.24. The minimum atomic E-state index is -3.66. The predicted octanol–water partition coefficient (Wildman–Crippen LogP) is 3.80. The number of anilines is 2. The zero-order chi connectivity index (χ0) is 20.6. The van der Waals surface area contributed by atoms with E-state index in [9.17, 15) is 8.42 Å². The average Bonchev–Trinajstić information content (AvgIpc) is 3.13. The number of nitrogens with zero attached hydrogens (tertiary/aromatic N) is 2. The van der Waals surface area contributed by atoms with E-state index in [1.807, 2.05) is 30.3 Å². The maximum Gasteiger partial charge on any atom is 0.271 e. The molecule has 2 N–H and O–H groups in total. The first-order valence-electron chi connectivity index (χ1n) is 9.72. The lowest BCUT2D eigenvalue weighted by atomic mass is 9.87.